The lowest BCUT2D eigenvalue weighted by atomic mass is 10.2. The normalized spacial score (nSPS) is 12.8. The van der Waals surface area contributed by atoms with Crippen LogP contribution in [0.15, 0.2) is 35.4 Å². The van der Waals surface area contributed by atoms with Crippen molar-refractivity contribution in [2.75, 3.05) is 0 Å². The van der Waals surface area contributed by atoms with Crippen molar-refractivity contribution in [2.24, 2.45) is 0 Å². The quantitative estimate of drug-likeness (QED) is 0.800. The van der Waals surface area contributed by atoms with Crippen LogP contribution >= 0.6 is 11.8 Å². The van der Waals surface area contributed by atoms with Gasteiger partial charge in [0.15, 0.2) is 0 Å². The number of para-hydroxylation sites is 1. The summed E-state index contributed by atoms with van der Waals surface area (Å²) in [5.74, 6) is -0.752. The Balaban J connectivity index is 2.30. The first kappa shape index (κ1) is 11.1. The lowest BCUT2D eigenvalue weighted by Gasteiger charge is -2.07. The molecule has 0 aliphatic heterocycles. The Hall–Kier alpha value is -1.42. The van der Waals surface area contributed by atoms with Gasteiger partial charge >= 0.3 is 5.97 Å². The van der Waals surface area contributed by atoms with Gasteiger partial charge in [0.1, 0.15) is 5.25 Å². The van der Waals surface area contributed by atoms with E-state index in [0.29, 0.717) is 6.42 Å². The number of carbonyl (C=O) groups is 1. The number of aromatic amines is 1. The van der Waals surface area contributed by atoms with Crippen molar-refractivity contribution in [2.45, 2.75) is 23.5 Å². The number of thioether (sulfide) groups is 1. The minimum atomic E-state index is -0.752. The lowest BCUT2D eigenvalue weighted by Crippen LogP contribution is -2.14. The Labute approximate surface area is 97.9 Å². The molecule has 0 spiro atoms. The van der Waals surface area contributed by atoms with Gasteiger partial charge in [-0.15, -0.1) is 11.8 Å². The van der Waals surface area contributed by atoms with E-state index in [0.717, 1.165) is 15.8 Å². The molecule has 2 rings (SSSR count). The topological polar surface area (TPSA) is 53.1 Å². The highest BCUT2D eigenvalue weighted by Gasteiger charge is 2.18. The van der Waals surface area contributed by atoms with Crippen LogP contribution in [0.5, 0.6) is 0 Å². The Morgan fingerprint density at radius 2 is 2.25 bits per heavy atom. The molecule has 0 amide bonds. The number of aliphatic carboxylic acids is 1. The van der Waals surface area contributed by atoms with E-state index in [1.165, 1.54) is 11.8 Å². The minimum absolute atomic E-state index is 0.376. The van der Waals surface area contributed by atoms with Crippen LogP contribution in [0.4, 0.5) is 0 Å². The molecule has 84 valence electrons. The Kier molecular flexibility index (Phi) is 3.19. The smallest absolute Gasteiger partial charge is 0.316 e. The zero-order valence-corrected chi connectivity index (χ0v) is 9.75. The van der Waals surface area contributed by atoms with Crippen molar-refractivity contribution < 1.29 is 9.90 Å². The third kappa shape index (κ3) is 2.07. The molecule has 1 aromatic heterocycles. The highest BCUT2D eigenvalue weighted by molar-refractivity contribution is 8.00. The molecule has 0 aliphatic carbocycles. The van der Waals surface area contributed by atoms with Gasteiger partial charge in [-0.2, -0.15) is 0 Å². The third-order valence-corrected chi connectivity index (χ3v) is 3.88. The molecular formula is C12H13NO2S. The van der Waals surface area contributed by atoms with Crippen molar-refractivity contribution >= 4 is 28.6 Å². The predicted octanol–water partition coefficient (Wildman–Crippen LogP) is 3.12. The molecule has 0 radical (unpaired) electrons. The summed E-state index contributed by atoms with van der Waals surface area (Å²) in [4.78, 5) is 15.1. The number of fused-ring (bicyclic) bond motifs is 1. The maximum Gasteiger partial charge on any atom is 0.316 e. The summed E-state index contributed by atoms with van der Waals surface area (Å²) in [5, 5.41) is 9.73. The molecule has 0 unspecified atom stereocenters. The van der Waals surface area contributed by atoms with Crippen molar-refractivity contribution in [3.8, 4) is 0 Å². The molecule has 1 heterocycles. The highest BCUT2D eigenvalue weighted by Crippen LogP contribution is 2.31. The number of aromatic nitrogens is 1. The zero-order valence-electron chi connectivity index (χ0n) is 8.93. The molecule has 2 aromatic rings. The lowest BCUT2D eigenvalue weighted by molar-refractivity contribution is -0.136. The van der Waals surface area contributed by atoms with E-state index >= 15 is 0 Å². The van der Waals surface area contributed by atoms with E-state index in [1.54, 1.807) is 0 Å². The SMILES string of the molecule is CC[C@H](Sc1c[nH]c2ccccc12)C(=O)O. The average molecular weight is 235 g/mol. The molecule has 0 bridgehead atoms. The number of H-pyrrole nitrogens is 1. The first-order valence-electron chi connectivity index (χ1n) is 5.18. The molecular weight excluding hydrogens is 222 g/mol. The van der Waals surface area contributed by atoms with Crippen LogP contribution < -0.4 is 0 Å². The largest absolute Gasteiger partial charge is 0.480 e. The van der Waals surface area contributed by atoms with Gasteiger partial charge in [0.05, 0.1) is 0 Å². The average Bonchev–Trinajstić information content (AvgIpc) is 2.69. The Morgan fingerprint density at radius 1 is 1.50 bits per heavy atom. The molecule has 0 fully saturated rings. The number of carboxylic acid groups (broad SMARTS) is 1. The standard InChI is InChI=1S/C12H13NO2S/c1-2-10(12(14)15)16-11-7-13-9-6-4-3-5-8(9)11/h3-7,10,13H,2H2,1H3,(H,14,15)/t10-/m0/s1. The van der Waals surface area contributed by atoms with E-state index in [2.05, 4.69) is 4.98 Å². The fraction of sp³-hybridized carbons (Fsp3) is 0.250. The maximum atomic E-state index is 11.0. The summed E-state index contributed by atoms with van der Waals surface area (Å²) in [5.41, 5.74) is 1.05. The molecule has 4 heteroatoms. The van der Waals surface area contributed by atoms with Crippen LogP contribution in [0.25, 0.3) is 10.9 Å². The fourth-order valence-electron chi connectivity index (χ4n) is 1.60. The third-order valence-electron chi connectivity index (χ3n) is 2.47. The second-order valence-electron chi connectivity index (χ2n) is 3.55. The number of hydrogen-bond acceptors (Lipinski definition) is 2. The van der Waals surface area contributed by atoms with E-state index in [-0.39, 0.29) is 5.25 Å². The van der Waals surface area contributed by atoms with Gasteiger partial charge in [0, 0.05) is 22.0 Å². The predicted molar refractivity (Wildman–Crippen MR) is 65.9 cm³/mol. The molecule has 0 saturated heterocycles. The van der Waals surface area contributed by atoms with Crippen LogP contribution in [0, 0.1) is 0 Å². The Morgan fingerprint density at radius 3 is 2.94 bits per heavy atom. The van der Waals surface area contributed by atoms with Crippen molar-refractivity contribution in [1.82, 2.24) is 4.98 Å². The zero-order chi connectivity index (χ0) is 11.5. The van der Waals surface area contributed by atoms with Gasteiger partial charge in [-0.1, -0.05) is 25.1 Å². The van der Waals surface area contributed by atoms with Crippen LogP contribution in [-0.4, -0.2) is 21.3 Å². The summed E-state index contributed by atoms with van der Waals surface area (Å²) in [6.07, 6.45) is 2.50. The molecule has 0 saturated carbocycles. The summed E-state index contributed by atoms with van der Waals surface area (Å²) in [6.45, 7) is 1.89. The monoisotopic (exact) mass is 235 g/mol. The maximum absolute atomic E-state index is 11.0. The molecule has 1 aromatic carbocycles. The Bertz CT molecular complexity index is 506. The van der Waals surface area contributed by atoms with Crippen molar-refractivity contribution in [3.05, 3.63) is 30.5 Å². The molecule has 3 nitrogen and oxygen atoms in total. The number of carboxylic acids is 1. The summed E-state index contributed by atoms with van der Waals surface area (Å²) < 4.78 is 0. The summed E-state index contributed by atoms with van der Waals surface area (Å²) in [6, 6.07) is 7.91. The van der Waals surface area contributed by atoms with Crippen LogP contribution in [0.1, 0.15) is 13.3 Å². The van der Waals surface area contributed by atoms with E-state index < -0.39 is 5.97 Å². The number of nitrogens with one attached hydrogen (secondary N) is 1. The molecule has 0 aliphatic rings. The number of rotatable bonds is 4. The first-order chi connectivity index (χ1) is 7.72. The van der Waals surface area contributed by atoms with Gasteiger partial charge in [0.2, 0.25) is 0 Å². The minimum Gasteiger partial charge on any atom is -0.480 e. The van der Waals surface area contributed by atoms with Gasteiger partial charge in [-0.05, 0) is 12.5 Å². The van der Waals surface area contributed by atoms with E-state index in [4.69, 9.17) is 5.11 Å². The van der Waals surface area contributed by atoms with E-state index in [1.807, 2.05) is 37.4 Å². The van der Waals surface area contributed by atoms with Gasteiger partial charge in [-0.25, -0.2) is 0 Å². The highest BCUT2D eigenvalue weighted by atomic mass is 32.2. The number of benzene rings is 1. The molecule has 1 atom stereocenters. The second-order valence-corrected chi connectivity index (χ2v) is 4.80. The number of hydrogen-bond donors (Lipinski definition) is 2. The summed E-state index contributed by atoms with van der Waals surface area (Å²) >= 11 is 1.40. The summed E-state index contributed by atoms with van der Waals surface area (Å²) in [7, 11) is 0. The fourth-order valence-corrected chi connectivity index (χ4v) is 2.61. The van der Waals surface area contributed by atoms with Gasteiger partial charge in [-0.3, -0.25) is 4.79 Å². The first-order valence-corrected chi connectivity index (χ1v) is 6.06. The molecule has 16 heavy (non-hydrogen) atoms. The van der Waals surface area contributed by atoms with Crippen LogP contribution in [-0.2, 0) is 4.79 Å². The molecule has 2 N–H and O–H groups in total. The van der Waals surface area contributed by atoms with Gasteiger partial charge in [0.25, 0.3) is 0 Å². The van der Waals surface area contributed by atoms with Gasteiger partial charge < -0.3 is 10.1 Å². The second kappa shape index (κ2) is 4.61. The van der Waals surface area contributed by atoms with E-state index in [9.17, 15) is 4.79 Å². The van der Waals surface area contributed by atoms with Crippen LogP contribution in [0.2, 0.25) is 0 Å². The van der Waals surface area contributed by atoms with Crippen molar-refractivity contribution in [3.63, 3.8) is 0 Å². The van der Waals surface area contributed by atoms with Crippen LogP contribution in [0.3, 0.4) is 0 Å². The van der Waals surface area contributed by atoms with Crippen molar-refractivity contribution in [1.29, 1.82) is 0 Å².